The third-order valence-corrected chi connectivity index (χ3v) is 10.8. The van der Waals surface area contributed by atoms with Gasteiger partial charge in [0.2, 0.25) is 5.79 Å². The highest BCUT2D eigenvalue weighted by Gasteiger charge is 2.63. The Morgan fingerprint density at radius 1 is 0.277 bits per heavy atom. The summed E-state index contributed by atoms with van der Waals surface area (Å²) in [6.07, 6.45) is 38.7. The van der Waals surface area contributed by atoms with E-state index in [-0.39, 0.29) is 6.42 Å². The zero-order valence-corrected chi connectivity index (χ0v) is 30.7. The lowest BCUT2D eigenvalue weighted by molar-refractivity contribution is -0.467. The van der Waals surface area contributed by atoms with Crippen LogP contribution < -0.4 is 0 Å². The van der Waals surface area contributed by atoms with E-state index in [1.165, 1.54) is 161 Å². The van der Waals surface area contributed by atoms with Crippen LogP contribution in [0.25, 0.3) is 0 Å². The minimum atomic E-state index is -3.69. The molecule has 7 heteroatoms. The molecule has 1 aliphatic carbocycles. The van der Waals surface area contributed by atoms with Gasteiger partial charge in [-0.05, 0) is 12.8 Å². The minimum Gasteiger partial charge on any atom is -0.387 e. The van der Waals surface area contributed by atoms with E-state index in [1.807, 2.05) is 0 Å². The predicted octanol–water partition coefficient (Wildman–Crippen LogP) is 9.45. The molecule has 0 aliphatic heterocycles. The van der Waals surface area contributed by atoms with Gasteiger partial charge in [0, 0.05) is 6.42 Å². The first-order chi connectivity index (χ1) is 22.6. The van der Waals surface area contributed by atoms with Crippen molar-refractivity contribution in [2.24, 2.45) is 0 Å². The number of hydrogen-bond donors (Lipinski definition) is 7. The van der Waals surface area contributed by atoms with Gasteiger partial charge in [-0.2, -0.15) is 0 Å². The van der Waals surface area contributed by atoms with Crippen LogP contribution in [0, 0.1) is 0 Å². The second-order valence-electron chi connectivity index (χ2n) is 15.3. The molecule has 0 aromatic carbocycles. The molecule has 1 fully saturated rings. The fourth-order valence-corrected chi connectivity index (χ4v) is 7.27. The van der Waals surface area contributed by atoms with E-state index >= 15 is 0 Å². The van der Waals surface area contributed by atoms with Crippen LogP contribution in [-0.2, 0) is 0 Å². The first-order valence-corrected chi connectivity index (χ1v) is 20.7. The van der Waals surface area contributed by atoms with Gasteiger partial charge in [-0.15, -0.1) is 0 Å². The molecule has 1 aliphatic rings. The monoisotopic (exact) mass is 673 g/mol. The average Bonchev–Trinajstić information content (AvgIpc) is 3.03. The van der Waals surface area contributed by atoms with Crippen molar-refractivity contribution in [3.63, 3.8) is 0 Å². The van der Waals surface area contributed by atoms with Gasteiger partial charge in [-0.1, -0.05) is 212 Å². The highest BCUT2D eigenvalue weighted by Crippen LogP contribution is 2.35. The lowest BCUT2D eigenvalue weighted by atomic mass is 9.86. The Bertz CT molecular complexity index is 681. The summed E-state index contributed by atoms with van der Waals surface area (Å²) in [6, 6.07) is 0. The van der Waals surface area contributed by atoms with Crippen molar-refractivity contribution in [3.05, 3.63) is 0 Å². The zero-order chi connectivity index (χ0) is 34.5. The maximum absolute atomic E-state index is 10.4. The van der Waals surface area contributed by atoms with Crippen molar-refractivity contribution in [1.82, 2.24) is 0 Å². The quantitative estimate of drug-likeness (QED) is 0.127. The molecule has 282 valence electrons. The van der Waals surface area contributed by atoms with Crippen molar-refractivity contribution >= 4 is 0 Å². The molecule has 0 aromatic rings. The van der Waals surface area contributed by atoms with Crippen LogP contribution in [0.5, 0.6) is 0 Å². The topological polar surface area (TPSA) is 142 Å². The van der Waals surface area contributed by atoms with Gasteiger partial charge in [-0.3, -0.25) is 0 Å². The van der Waals surface area contributed by atoms with Crippen molar-refractivity contribution in [2.45, 2.75) is 255 Å². The van der Waals surface area contributed by atoms with E-state index in [0.717, 1.165) is 38.5 Å². The van der Waals surface area contributed by atoms with Gasteiger partial charge in [0.05, 0.1) is 0 Å². The highest BCUT2D eigenvalue weighted by atomic mass is 16.7. The molecule has 0 saturated heterocycles. The Labute approximate surface area is 290 Å². The molecule has 1 saturated carbocycles. The van der Waals surface area contributed by atoms with E-state index in [4.69, 9.17) is 0 Å². The number of aliphatic hydroxyl groups is 7. The third kappa shape index (κ3) is 21.5. The second-order valence-corrected chi connectivity index (χ2v) is 15.3. The maximum atomic E-state index is 10.4. The molecule has 0 heterocycles. The Hall–Kier alpha value is -0.280. The fourth-order valence-electron chi connectivity index (χ4n) is 7.27. The highest BCUT2D eigenvalue weighted by molar-refractivity contribution is 4.97. The molecule has 0 aromatic heterocycles. The molecule has 0 amide bonds. The number of aliphatic hydroxyl groups excluding tert-OH is 1. The summed E-state index contributed by atoms with van der Waals surface area (Å²) in [5.41, 5.74) is 0. The van der Waals surface area contributed by atoms with Gasteiger partial charge in [0.1, 0.15) is 6.10 Å². The first-order valence-electron chi connectivity index (χ1n) is 20.7. The van der Waals surface area contributed by atoms with Gasteiger partial charge in [0.25, 0.3) is 11.6 Å². The van der Waals surface area contributed by atoms with Gasteiger partial charge >= 0.3 is 0 Å². The molecule has 0 radical (unpaired) electrons. The van der Waals surface area contributed by atoms with Crippen LogP contribution in [0.3, 0.4) is 0 Å². The van der Waals surface area contributed by atoms with Crippen LogP contribution in [-0.4, -0.2) is 59.2 Å². The molecule has 7 N–H and O–H groups in total. The summed E-state index contributed by atoms with van der Waals surface area (Å²) in [5, 5.41) is 72.7. The molecular formula is C40H80O7. The normalized spacial score (nSPS) is 27.3. The van der Waals surface area contributed by atoms with Crippen molar-refractivity contribution in [1.29, 1.82) is 0 Å². The number of hydrogen-bond acceptors (Lipinski definition) is 7. The van der Waals surface area contributed by atoms with Crippen LogP contribution in [0.2, 0.25) is 0 Å². The van der Waals surface area contributed by atoms with E-state index in [2.05, 4.69) is 0 Å². The fraction of sp³-hybridized carbons (Fsp3) is 1.00. The Morgan fingerprint density at radius 2 is 0.468 bits per heavy atom. The number of rotatable bonds is 0. The smallest absolute Gasteiger partial charge is 0.276 e. The van der Waals surface area contributed by atoms with Gasteiger partial charge in [0.15, 0.2) is 0 Å². The van der Waals surface area contributed by atoms with Crippen LogP contribution >= 0.6 is 0 Å². The SMILES string of the molecule is OC1CCCCCCCCCCCCCCCCCCCCCCCCCCCCCCCCCCCCC(O)(O)C(O)(O)C1(O)O. The summed E-state index contributed by atoms with van der Waals surface area (Å²) in [6.45, 7) is 0. The summed E-state index contributed by atoms with van der Waals surface area (Å²) in [4.78, 5) is 0. The van der Waals surface area contributed by atoms with E-state index in [0.29, 0.717) is 19.3 Å². The van der Waals surface area contributed by atoms with Crippen molar-refractivity contribution in [3.8, 4) is 0 Å². The van der Waals surface area contributed by atoms with Gasteiger partial charge in [-0.25, -0.2) is 0 Å². The minimum absolute atomic E-state index is 0.0774. The second kappa shape index (κ2) is 28.4. The molecule has 0 bridgehead atoms. The van der Waals surface area contributed by atoms with Gasteiger partial charge < -0.3 is 35.7 Å². The molecule has 0 spiro atoms. The molecule has 1 unspecified atom stereocenters. The maximum Gasteiger partial charge on any atom is 0.276 e. The third-order valence-electron chi connectivity index (χ3n) is 10.8. The van der Waals surface area contributed by atoms with Crippen molar-refractivity contribution in [2.75, 3.05) is 0 Å². The Kier molecular flexibility index (Phi) is 27.1. The zero-order valence-electron chi connectivity index (χ0n) is 30.7. The van der Waals surface area contributed by atoms with E-state index in [1.54, 1.807) is 0 Å². The lowest BCUT2D eigenvalue weighted by Crippen LogP contribution is -2.72. The Balaban J connectivity index is 2.36. The molecular weight excluding hydrogens is 592 g/mol. The molecule has 1 rings (SSSR count). The molecule has 7 nitrogen and oxygen atoms in total. The van der Waals surface area contributed by atoms with E-state index in [9.17, 15) is 35.7 Å². The largest absolute Gasteiger partial charge is 0.387 e. The summed E-state index contributed by atoms with van der Waals surface area (Å²) in [7, 11) is 0. The summed E-state index contributed by atoms with van der Waals surface area (Å²) < 4.78 is 0. The van der Waals surface area contributed by atoms with Crippen LogP contribution in [0.15, 0.2) is 0 Å². The standard InChI is InChI=1S/C40H80O7/c41-37-35-33-31-29-27-25-23-21-19-17-15-13-11-9-7-5-3-1-2-4-6-8-10-12-14-16-18-20-22-24-26-28-30-32-34-36-38(42,43)40(46,47)39(37,44)45/h37,41-47H,1-36H2. The van der Waals surface area contributed by atoms with Crippen LogP contribution in [0.1, 0.15) is 231 Å². The van der Waals surface area contributed by atoms with Crippen LogP contribution in [0.4, 0.5) is 0 Å². The summed E-state index contributed by atoms with van der Waals surface area (Å²) >= 11 is 0. The van der Waals surface area contributed by atoms with Crippen molar-refractivity contribution < 1.29 is 35.7 Å². The molecule has 1 atom stereocenters. The predicted molar refractivity (Wildman–Crippen MR) is 194 cm³/mol. The average molecular weight is 673 g/mol. The Morgan fingerprint density at radius 3 is 0.702 bits per heavy atom. The molecule has 47 heavy (non-hydrogen) atoms. The lowest BCUT2D eigenvalue weighted by Gasteiger charge is -2.44. The summed E-state index contributed by atoms with van der Waals surface area (Å²) in [5.74, 6) is -10.3. The first kappa shape index (κ1) is 44.7. The van der Waals surface area contributed by atoms with E-state index < -0.39 is 29.9 Å².